The number of nitrogens with one attached hydrogen (secondary N) is 1. The van der Waals surface area contributed by atoms with Crippen molar-refractivity contribution in [1.29, 1.82) is 0 Å². The number of sulfonamides is 1. The molecule has 0 aromatic heterocycles. The van der Waals surface area contributed by atoms with Crippen molar-refractivity contribution in [2.75, 3.05) is 29.9 Å². The Morgan fingerprint density at radius 3 is 2.76 bits per heavy atom. The predicted octanol–water partition coefficient (Wildman–Crippen LogP) is 1.36. The molecule has 0 amide bonds. The van der Waals surface area contributed by atoms with E-state index in [1.54, 1.807) is 19.2 Å². The fourth-order valence-electron chi connectivity index (χ4n) is 1.37. The Hall–Kier alpha value is -1.27. The van der Waals surface area contributed by atoms with E-state index in [9.17, 15) is 8.42 Å². The Morgan fingerprint density at radius 2 is 2.12 bits per heavy atom. The SMILES string of the molecule is COCCCS(=O)(=O)Nc1cc(C)ccc1N. The average Bonchev–Trinajstić information content (AvgIpc) is 2.23. The van der Waals surface area contributed by atoms with Gasteiger partial charge in [-0.2, -0.15) is 0 Å². The molecule has 6 heteroatoms. The van der Waals surface area contributed by atoms with Gasteiger partial charge in [0, 0.05) is 13.7 Å². The first-order valence-corrected chi connectivity index (χ1v) is 6.95. The molecule has 1 rings (SSSR count). The molecule has 0 aliphatic carbocycles. The zero-order chi connectivity index (χ0) is 12.9. The normalized spacial score (nSPS) is 11.4. The van der Waals surface area contributed by atoms with Crippen LogP contribution in [-0.2, 0) is 14.8 Å². The first-order chi connectivity index (χ1) is 7.94. The fraction of sp³-hybridized carbons (Fsp3) is 0.455. The Morgan fingerprint density at radius 1 is 1.41 bits per heavy atom. The van der Waals surface area contributed by atoms with Gasteiger partial charge in [-0.25, -0.2) is 8.42 Å². The third-order valence-electron chi connectivity index (χ3n) is 2.24. The number of hydrogen-bond acceptors (Lipinski definition) is 4. The lowest BCUT2D eigenvalue weighted by Gasteiger charge is -2.10. The van der Waals surface area contributed by atoms with E-state index in [2.05, 4.69) is 4.72 Å². The first-order valence-electron chi connectivity index (χ1n) is 5.30. The van der Waals surface area contributed by atoms with Crippen LogP contribution >= 0.6 is 0 Å². The lowest BCUT2D eigenvalue weighted by molar-refractivity contribution is 0.199. The molecular formula is C11H18N2O3S. The molecule has 0 spiro atoms. The molecule has 96 valence electrons. The van der Waals surface area contributed by atoms with Crippen LogP contribution < -0.4 is 10.5 Å². The van der Waals surface area contributed by atoms with Gasteiger partial charge in [-0.3, -0.25) is 4.72 Å². The third kappa shape index (κ3) is 4.62. The molecule has 17 heavy (non-hydrogen) atoms. The van der Waals surface area contributed by atoms with Gasteiger partial charge in [0.25, 0.3) is 0 Å². The van der Waals surface area contributed by atoms with E-state index in [0.717, 1.165) is 5.56 Å². The minimum Gasteiger partial charge on any atom is -0.397 e. The van der Waals surface area contributed by atoms with Crippen LogP contribution in [0.2, 0.25) is 0 Å². The maximum atomic E-state index is 11.7. The van der Waals surface area contributed by atoms with E-state index >= 15 is 0 Å². The maximum absolute atomic E-state index is 11.7. The molecule has 0 unspecified atom stereocenters. The zero-order valence-electron chi connectivity index (χ0n) is 10.1. The molecule has 0 bridgehead atoms. The molecule has 0 aliphatic heterocycles. The number of nitrogens with two attached hydrogens (primary N) is 1. The second-order valence-corrected chi connectivity index (χ2v) is 5.70. The van der Waals surface area contributed by atoms with Crippen molar-refractivity contribution in [2.45, 2.75) is 13.3 Å². The van der Waals surface area contributed by atoms with Crippen LogP contribution in [-0.4, -0.2) is 27.9 Å². The van der Waals surface area contributed by atoms with Crippen LogP contribution in [0.3, 0.4) is 0 Å². The number of rotatable bonds is 6. The molecule has 1 aromatic carbocycles. The van der Waals surface area contributed by atoms with E-state index in [4.69, 9.17) is 10.5 Å². The van der Waals surface area contributed by atoms with Gasteiger partial charge in [-0.05, 0) is 31.0 Å². The summed E-state index contributed by atoms with van der Waals surface area (Å²) in [4.78, 5) is 0. The minimum atomic E-state index is -3.36. The van der Waals surface area contributed by atoms with Crippen LogP contribution in [0.1, 0.15) is 12.0 Å². The summed E-state index contributed by atoms with van der Waals surface area (Å²) in [5.41, 5.74) is 7.51. The summed E-state index contributed by atoms with van der Waals surface area (Å²) in [7, 11) is -1.82. The maximum Gasteiger partial charge on any atom is 0.232 e. The summed E-state index contributed by atoms with van der Waals surface area (Å²) < 4.78 is 30.7. The van der Waals surface area contributed by atoms with Crippen molar-refractivity contribution < 1.29 is 13.2 Å². The van der Waals surface area contributed by atoms with Crippen LogP contribution in [0, 0.1) is 6.92 Å². The van der Waals surface area contributed by atoms with E-state index < -0.39 is 10.0 Å². The van der Waals surface area contributed by atoms with Crippen LogP contribution in [0.4, 0.5) is 11.4 Å². The smallest absolute Gasteiger partial charge is 0.232 e. The number of ether oxygens (including phenoxy) is 1. The molecule has 0 saturated carbocycles. The molecule has 5 nitrogen and oxygen atoms in total. The molecule has 1 aromatic rings. The number of aryl methyl sites for hydroxylation is 1. The Kier molecular flexibility index (Phi) is 4.77. The number of anilines is 2. The highest BCUT2D eigenvalue weighted by Crippen LogP contribution is 2.20. The molecule has 0 aliphatic rings. The second kappa shape index (κ2) is 5.88. The van der Waals surface area contributed by atoms with Crippen LogP contribution in [0.15, 0.2) is 18.2 Å². The van der Waals surface area contributed by atoms with Gasteiger partial charge in [0.15, 0.2) is 0 Å². The summed E-state index contributed by atoms with van der Waals surface area (Å²) in [5, 5.41) is 0. The Labute approximate surface area is 102 Å². The van der Waals surface area contributed by atoms with Gasteiger partial charge in [0.2, 0.25) is 10.0 Å². The fourth-order valence-corrected chi connectivity index (χ4v) is 2.48. The van der Waals surface area contributed by atoms with E-state index in [1.165, 1.54) is 0 Å². The zero-order valence-corrected chi connectivity index (χ0v) is 10.9. The van der Waals surface area contributed by atoms with Gasteiger partial charge >= 0.3 is 0 Å². The molecule has 0 saturated heterocycles. The van der Waals surface area contributed by atoms with Gasteiger partial charge < -0.3 is 10.5 Å². The van der Waals surface area contributed by atoms with E-state index in [-0.39, 0.29) is 5.75 Å². The second-order valence-electron chi connectivity index (χ2n) is 3.86. The Bertz CT molecular complexity index is 472. The third-order valence-corrected chi connectivity index (χ3v) is 3.59. The molecule has 3 N–H and O–H groups in total. The van der Waals surface area contributed by atoms with Crippen molar-refractivity contribution in [2.24, 2.45) is 0 Å². The van der Waals surface area contributed by atoms with Crippen LogP contribution in [0.5, 0.6) is 0 Å². The van der Waals surface area contributed by atoms with Crippen LogP contribution in [0.25, 0.3) is 0 Å². The van der Waals surface area contributed by atoms with Gasteiger partial charge in [-0.1, -0.05) is 6.07 Å². The van der Waals surface area contributed by atoms with Gasteiger partial charge in [-0.15, -0.1) is 0 Å². The van der Waals surface area contributed by atoms with Crippen molar-refractivity contribution in [3.63, 3.8) is 0 Å². The van der Waals surface area contributed by atoms with Crippen molar-refractivity contribution in [3.8, 4) is 0 Å². The topological polar surface area (TPSA) is 81.4 Å². The lowest BCUT2D eigenvalue weighted by Crippen LogP contribution is -2.18. The quantitative estimate of drug-likeness (QED) is 0.596. The average molecular weight is 258 g/mol. The number of benzene rings is 1. The summed E-state index contributed by atoms with van der Waals surface area (Å²) in [6.45, 7) is 2.30. The number of hydrogen-bond donors (Lipinski definition) is 2. The number of methoxy groups -OCH3 is 1. The molecule has 0 fully saturated rings. The molecule has 0 heterocycles. The molecule has 0 atom stereocenters. The lowest BCUT2D eigenvalue weighted by atomic mass is 10.2. The Balaban J connectivity index is 2.72. The molecular weight excluding hydrogens is 240 g/mol. The monoisotopic (exact) mass is 258 g/mol. The molecule has 0 radical (unpaired) electrons. The highest BCUT2D eigenvalue weighted by Gasteiger charge is 2.11. The highest BCUT2D eigenvalue weighted by molar-refractivity contribution is 7.92. The van der Waals surface area contributed by atoms with E-state index in [0.29, 0.717) is 24.4 Å². The minimum absolute atomic E-state index is 0.0220. The summed E-state index contributed by atoms with van der Waals surface area (Å²) in [6, 6.07) is 5.23. The van der Waals surface area contributed by atoms with Gasteiger partial charge in [0.1, 0.15) is 0 Å². The summed E-state index contributed by atoms with van der Waals surface area (Å²) >= 11 is 0. The van der Waals surface area contributed by atoms with Crippen molar-refractivity contribution in [3.05, 3.63) is 23.8 Å². The summed E-state index contributed by atoms with van der Waals surface area (Å²) in [6.07, 6.45) is 0.456. The number of nitrogen functional groups attached to an aromatic ring is 1. The predicted molar refractivity (Wildman–Crippen MR) is 69.5 cm³/mol. The van der Waals surface area contributed by atoms with Gasteiger partial charge in [0.05, 0.1) is 17.1 Å². The highest BCUT2D eigenvalue weighted by atomic mass is 32.2. The van der Waals surface area contributed by atoms with Crippen molar-refractivity contribution >= 4 is 21.4 Å². The summed E-state index contributed by atoms with van der Waals surface area (Å²) in [5.74, 6) is 0.0220. The van der Waals surface area contributed by atoms with Crippen molar-refractivity contribution in [1.82, 2.24) is 0 Å². The van der Waals surface area contributed by atoms with E-state index in [1.807, 2.05) is 13.0 Å². The first kappa shape index (κ1) is 13.8. The largest absolute Gasteiger partial charge is 0.397 e. The standard InChI is InChI=1S/C11H18N2O3S/c1-9-4-5-10(12)11(8-9)13-17(14,15)7-3-6-16-2/h4-5,8,13H,3,6-7,12H2,1-2H3.